The van der Waals surface area contributed by atoms with Gasteiger partial charge in [-0.2, -0.15) is 0 Å². The molecule has 10 aromatic rings. The van der Waals surface area contributed by atoms with Crippen LogP contribution in [-0.4, -0.2) is 14.5 Å². The molecule has 0 aliphatic carbocycles. The van der Waals surface area contributed by atoms with E-state index in [0.717, 1.165) is 39.6 Å². The Hall–Kier alpha value is -6.36. The lowest BCUT2D eigenvalue weighted by molar-refractivity contribution is 1.18. The van der Waals surface area contributed by atoms with Crippen LogP contribution in [0.4, 0.5) is 0 Å². The van der Waals surface area contributed by atoms with E-state index in [-0.39, 0.29) is 0 Å². The summed E-state index contributed by atoms with van der Waals surface area (Å²) in [7, 11) is 0. The molecule has 3 heterocycles. The lowest BCUT2D eigenvalue weighted by Gasteiger charge is -2.10. The standard InChI is InChI=1S/C46H29N3S/c1-5-14-30(15-6-1)33-24-25-38-42(28-33)49(34-20-11-4-12-21-34)41-27-26-36-35-22-13-23-37(44(35)50-45(36)43(38)41)40-29-39(31-16-7-2-8-17-31)47-46(48-40)32-18-9-3-10-19-32/h1-29H. The first-order chi connectivity index (χ1) is 24.8. The number of rotatable bonds is 5. The SMILES string of the molecule is c1ccc(-c2ccc3c4c5sc6c(-c7cc(-c8ccccc8)nc(-c8ccccc8)n7)cccc6c5ccc4n(-c4ccccc4)c3c2)cc1. The normalized spacial score (nSPS) is 11.6. The molecule has 0 aliphatic rings. The van der Waals surface area contributed by atoms with Gasteiger partial charge in [0.15, 0.2) is 5.82 Å². The summed E-state index contributed by atoms with van der Waals surface area (Å²) in [6.07, 6.45) is 0. The Morgan fingerprint density at radius 1 is 0.400 bits per heavy atom. The second kappa shape index (κ2) is 11.7. The van der Waals surface area contributed by atoms with Crippen LogP contribution in [0, 0.1) is 0 Å². The molecule has 0 atom stereocenters. The molecule has 0 radical (unpaired) electrons. The second-order valence-corrected chi connectivity index (χ2v) is 13.6. The molecule has 10 rings (SSSR count). The van der Waals surface area contributed by atoms with Gasteiger partial charge in [0.25, 0.3) is 0 Å². The number of fused-ring (bicyclic) bond motifs is 7. The Morgan fingerprint density at radius 2 is 1.02 bits per heavy atom. The van der Waals surface area contributed by atoms with Crippen LogP contribution in [0.1, 0.15) is 0 Å². The van der Waals surface area contributed by atoms with E-state index in [1.54, 1.807) is 0 Å². The molecule has 7 aromatic carbocycles. The Bertz CT molecular complexity index is 2780. The molecule has 0 N–H and O–H groups in total. The quantitative estimate of drug-likeness (QED) is 0.185. The van der Waals surface area contributed by atoms with Crippen molar-refractivity contribution in [2.75, 3.05) is 0 Å². The number of para-hydroxylation sites is 1. The first-order valence-electron chi connectivity index (χ1n) is 16.8. The molecule has 0 aliphatic heterocycles. The minimum atomic E-state index is 0.725. The van der Waals surface area contributed by atoms with E-state index < -0.39 is 0 Å². The van der Waals surface area contributed by atoms with Gasteiger partial charge in [0.2, 0.25) is 0 Å². The Balaban J connectivity index is 1.25. The van der Waals surface area contributed by atoms with Crippen molar-refractivity contribution >= 4 is 53.3 Å². The molecular formula is C46H29N3S. The maximum Gasteiger partial charge on any atom is 0.160 e. The fourth-order valence-corrected chi connectivity index (χ4v) is 8.66. The van der Waals surface area contributed by atoms with Gasteiger partial charge in [0, 0.05) is 53.3 Å². The van der Waals surface area contributed by atoms with E-state index in [4.69, 9.17) is 9.97 Å². The third-order valence-corrected chi connectivity index (χ3v) is 10.9. The topological polar surface area (TPSA) is 30.7 Å². The first-order valence-corrected chi connectivity index (χ1v) is 17.7. The van der Waals surface area contributed by atoms with Gasteiger partial charge in [-0.15, -0.1) is 11.3 Å². The molecular weight excluding hydrogens is 627 g/mol. The predicted molar refractivity (Wildman–Crippen MR) is 211 cm³/mol. The third-order valence-electron chi connectivity index (χ3n) is 9.62. The Morgan fingerprint density at radius 3 is 1.76 bits per heavy atom. The van der Waals surface area contributed by atoms with Crippen LogP contribution < -0.4 is 0 Å². The number of hydrogen-bond donors (Lipinski definition) is 0. The van der Waals surface area contributed by atoms with Crippen LogP contribution in [0.2, 0.25) is 0 Å². The fraction of sp³-hybridized carbons (Fsp3) is 0. The number of thiophene rings is 1. The molecule has 234 valence electrons. The van der Waals surface area contributed by atoms with Crippen molar-refractivity contribution in [3.63, 3.8) is 0 Å². The highest BCUT2D eigenvalue weighted by atomic mass is 32.1. The highest BCUT2D eigenvalue weighted by Crippen LogP contribution is 2.46. The molecule has 0 fully saturated rings. The van der Waals surface area contributed by atoms with Gasteiger partial charge in [-0.25, -0.2) is 9.97 Å². The summed E-state index contributed by atoms with van der Waals surface area (Å²) in [6.45, 7) is 0. The van der Waals surface area contributed by atoms with E-state index in [0.29, 0.717) is 0 Å². The number of nitrogens with zero attached hydrogens (tertiary/aromatic N) is 3. The highest BCUT2D eigenvalue weighted by Gasteiger charge is 2.20. The van der Waals surface area contributed by atoms with Crippen molar-refractivity contribution < 1.29 is 0 Å². The molecule has 3 aromatic heterocycles. The van der Waals surface area contributed by atoms with Crippen molar-refractivity contribution in [3.8, 4) is 50.7 Å². The molecule has 0 amide bonds. The van der Waals surface area contributed by atoms with Crippen molar-refractivity contribution in [1.82, 2.24) is 14.5 Å². The van der Waals surface area contributed by atoms with Crippen molar-refractivity contribution in [2.24, 2.45) is 0 Å². The molecule has 0 saturated heterocycles. The van der Waals surface area contributed by atoms with Crippen molar-refractivity contribution in [1.29, 1.82) is 0 Å². The zero-order chi connectivity index (χ0) is 33.0. The van der Waals surface area contributed by atoms with Crippen LogP contribution in [0.15, 0.2) is 176 Å². The molecule has 4 heteroatoms. The van der Waals surface area contributed by atoms with Gasteiger partial charge in [0.1, 0.15) is 0 Å². The van der Waals surface area contributed by atoms with Crippen LogP contribution in [-0.2, 0) is 0 Å². The average molecular weight is 656 g/mol. The minimum Gasteiger partial charge on any atom is -0.309 e. The van der Waals surface area contributed by atoms with Crippen LogP contribution in [0.3, 0.4) is 0 Å². The molecule has 50 heavy (non-hydrogen) atoms. The van der Waals surface area contributed by atoms with E-state index in [1.807, 2.05) is 35.6 Å². The first kappa shape index (κ1) is 28.6. The largest absolute Gasteiger partial charge is 0.309 e. The van der Waals surface area contributed by atoms with Gasteiger partial charge in [-0.05, 0) is 41.5 Å². The number of benzene rings is 7. The van der Waals surface area contributed by atoms with Crippen LogP contribution in [0.25, 0.3) is 92.7 Å². The van der Waals surface area contributed by atoms with Gasteiger partial charge in [0.05, 0.1) is 22.4 Å². The summed E-state index contributed by atoms with van der Waals surface area (Å²) in [5.74, 6) is 0.725. The Labute approximate surface area is 293 Å². The summed E-state index contributed by atoms with van der Waals surface area (Å²) < 4.78 is 4.94. The van der Waals surface area contributed by atoms with E-state index >= 15 is 0 Å². The van der Waals surface area contributed by atoms with Gasteiger partial charge >= 0.3 is 0 Å². The molecule has 0 unspecified atom stereocenters. The Kier molecular flexibility index (Phi) is 6.68. The van der Waals surface area contributed by atoms with Crippen molar-refractivity contribution in [2.45, 2.75) is 0 Å². The lowest BCUT2D eigenvalue weighted by atomic mass is 10.0. The summed E-state index contributed by atoms with van der Waals surface area (Å²) >= 11 is 1.87. The molecule has 0 spiro atoms. The van der Waals surface area contributed by atoms with E-state index in [2.05, 4.69) is 156 Å². The molecule has 0 saturated carbocycles. The zero-order valence-corrected chi connectivity index (χ0v) is 27.8. The maximum absolute atomic E-state index is 5.21. The zero-order valence-electron chi connectivity index (χ0n) is 27.0. The number of hydrogen-bond acceptors (Lipinski definition) is 3. The van der Waals surface area contributed by atoms with E-state index in [1.165, 1.54) is 53.1 Å². The van der Waals surface area contributed by atoms with Gasteiger partial charge in [-0.3, -0.25) is 0 Å². The summed E-state index contributed by atoms with van der Waals surface area (Å²) in [5, 5.41) is 5.04. The van der Waals surface area contributed by atoms with Crippen molar-refractivity contribution in [3.05, 3.63) is 176 Å². The minimum absolute atomic E-state index is 0.725. The van der Waals surface area contributed by atoms with E-state index in [9.17, 15) is 0 Å². The summed E-state index contributed by atoms with van der Waals surface area (Å²) in [6, 6.07) is 62.3. The lowest BCUT2D eigenvalue weighted by Crippen LogP contribution is -1.95. The summed E-state index contributed by atoms with van der Waals surface area (Å²) in [5.41, 5.74) is 11.0. The highest BCUT2D eigenvalue weighted by molar-refractivity contribution is 7.27. The second-order valence-electron chi connectivity index (χ2n) is 12.6. The summed E-state index contributed by atoms with van der Waals surface area (Å²) in [4.78, 5) is 10.3. The van der Waals surface area contributed by atoms with Crippen LogP contribution >= 0.6 is 11.3 Å². The third kappa shape index (κ3) is 4.65. The molecule has 0 bridgehead atoms. The van der Waals surface area contributed by atoms with Gasteiger partial charge < -0.3 is 4.57 Å². The maximum atomic E-state index is 5.21. The molecule has 3 nitrogen and oxygen atoms in total. The number of aromatic nitrogens is 3. The fourth-order valence-electron chi connectivity index (χ4n) is 7.28. The average Bonchev–Trinajstić information content (AvgIpc) is 3.74. The predicted octanol–water partition coefficient (Wildman–Crippen LogP) is 12.6. The van der Waals surface area contributed by atoms with Gasteiger partial charge in [-0.1, -0.05) is 146 Å². The monoisotopic (exact) mass is 655 g/mol. The van der Waals surface area contributed by atoms with Crippen LogP contribution in [0.5, 0.6) is 0 Å². The smallest absolute Gasteiger partial charge is 0.160 e.